The fraction of sp³-hybridized carbons (Fsp3) is 0.294. The highest BCUT2D eigenvalue weighted by molar-refractivity contribution is 7.89. The van der Waals surface area contributed by atoms with Crippen molar-refractivity contribution in [2.24, 2.45) is 0 Å². The monoisotopic (exact) mass is 417 g/mol. The lowest BCUT2D eigenvalue weighted by Crippen LogP contribution is -2.42. The molecule has 0 saturated heterocycles. The predicted octanol–water partition coefficient (Wildman–Crippen LogP) is 3.42. The van der Waals surface area contributed by atoms with Crippen molar-refractivity contribution in [3.63, 3.8) is 0 Å². The van der Waals surface area contributed by atoms with Gasteiger partial charge in [-0.15, -0.1) is 0 Å². The number of rotatable bonds is 6. The van der Waals surface area contributed by atoms with Crippen molar-refractivity contribution in [2.75, 3.05) is 13.7 Å². The number of hydrogen-bond acceptors (Lipinski definition) is 5. The van der Waals surface area contributed by atoms with Crippen LogP contribution in [0.15, 0.2) is 41.6 Å². The minimum atomic E-state index is -5.01. The quantitative estimate of drug-likeness (QED) is 0.673. The summed E-state index contributed by atoms with van der Waals surface area (Å²) in [5, 5.41) is 8.90. The number of benzene rings is 1. The van der Waals surface area contributed by atoms with Gasteiger partial charge in [0.2, 0.25) is 10.0 Å². The third-order valence-electron chi connectivity index (χ3n) is 3.85. The summed E-state index contributed by atoms with van der Waals surface area (Å²) < 4.78 is 85.9. The number of nitriles is 1. The Labute approximate surface area is 159 Å². The van der Waals surface area contributed by atoms with Crippen LogP contribution in [-0.4, -0.2) is 37.5 Å². The lowest BCUT2D eigenvalue weighted by atomic mass is 10.1. The molecule has 28 heavy (non-hydrogen) atoms. The molecule has 1 aromatic carbocycles. The summed E-state index contributed by atoms with van der Waals surface area (Å²) in [5.74, 6) is -1.34. The van der Waals surface area contributed by atoms with E-state index >= 15 is 0 Å². The Balaban J connectivity index is 2.65. The third-order valence-corrected chi connectivity index (χ3v) is 5.75. The van der Waals surface area contributed by atoms with Gasteiger partial charge in [-0.25, -0.2) is 12.8 Å². The van der Waals surface area contributed by atoms with E-state index in [2.05, 4.69) is 4.98 Å². The van der Waals surface area contributed by atoms with Gasteiger partial charge in [0.1, 0.15) is 17.0 Å². The molecule has 0 fully saturated rings. The van der Waals surface area contributed by atoms with Crippen LogP contribution in [0.3, 0.4) is 0 Å². The van der Waals surface area contributed by atoms with Crippen molar-refractivity contribution in [1.29, 1.82) is 5.26 Å². The zero-order chi connectivity index (χ0) is 21.1. The van der Waals surface area contributed by atoms with Crippen molar-refractivity contribution in [3.05, 3.63) is 53.6 Å². The molecule has 2 rings (SSSR count). The first-order valence-corrected chi connectivity index (χ1v) is 9.27. The Morgan fingerprint density at radius 3 is 2.50 bits per heavy atom. The maximum absolute atomic E-state index is 13.9. The second-order valence-electron chi connectivity index (χ2n) is 5.57. The normalized spacial score (nSPS) is 13.2. The van der Waals surface area contributed by atoms with Gasteiger partial charge in [-0.1, -0.05) is 13.0 Å². The molecule has 150 valence electrons. The first kappa shape index (κ1) is 21.6. The second-order valence-corrected chi connectivity index (χ2v) is 7.46. The van der Waals surface area contributed by atoms with Crippen molar-refractivity contribution < 1.29 is 30.7 Å². The molecule has 0 bridgehead atoms. The standard InChI is InChI=1S/C17H15F4N3O3S/c1-3-24(28(25,26)13-6-11(8-22)9-23-10-13)16(17(19,20)21)12-4-5-14(18)15(7-12)27-2/h4-7,9-10,16H,3H2,1-2H3/t16-/m0/s1. The number of hydrogen-bond donors (Lipinski definition) is 0. The summed E-state index contributed by atoms with van der Waals surface area (Å²) >= 11 is 0. The highest BCUT2D eigenvalue weighted by Gasteiger charge is 2.49. The van der Waals surface area contributed by atoms with E-state index in [0.717, 1.165) is 43.8 Å². The van der Waals surface area contributed by atoms with Gasteiger partial charge in [0.25, 0.3) is 0 Å². The van der Waals surface area contributed by atoms with Crippen LogP contribution in [0.25, 0.3) is 0 Å². The highest BCUT2D eigenvalue weighted by atomic mass is 32.2. The molecule has 1 heterocycles. The number of alkyl halides is 3. The van der Waals surface area contributed by atoms with Crippen molar-refractivity contribution in [1.82, 2.24) is 9.29 Å². The van der Waals surface area contributed by atoms with Crippen molar-refractivity contribution in [3.8, 4) is 11.8 Å². The van der Waals surface area contributed by atoms with Crippen LogP contribution in [-0.2, 0) is 10.0 Å². The summed E-state index contributed by atoms with van der Waals surface area (Å²) in [5.41, 5.74) is -0.635. The minimum absolute atomic E-state index is 0.121. The molecule has 0 aliphatic carbocycles. The summed E-state index contributed by atoms with van der Waals surface area (Å²) in [6.07, 6.45) is -3.06. The van der Waals surface area contributed by atoms with Crippen LogP contribution in [0.4, 0.5) is 17.6 Å². The largest absolute Gasteiger partial charge is 0.494 e. The minimum Gasteiger partial charge on any atom is -0.494 e. The molecule has 6 nitrogen and oxygen atoms in total. The van der Waals surface area contributed by atoms with Gasteiger partial charge in [0.05, 0.1) is 12.7 Å². The Bertz CT molecular complexity index is 1000. The molecule has 0 radical (unpaired) electrons. The van der Waals surface area contributed by atoms with Crippen LogP contribution in [0.1, 0.15) is 24.1 Å². The maximum atomic E-state index is 13.9. The van der Waals surface area contributed by atoms with Gasteiger partial charge in [-0.2, -0.15) is 22.7 Å². The Morgan fingerprint density at radius 1 is 1.29 bits per heavy atom. The summed E-state index contributed by atoms with van der Waals surface area (Å²) in [4.78, 5) is 3.03. The molecule has 1 aromatic heterocycles. The molecule has 0 N–H and O–H groups in total. The van der Waals surface area contributed by atoms with Crippen molar-refractivity contribution in [2.45, 2.75) is 24.0 Å². The number of pyridine rings is 1. The fourth-order valence-corrected chi connectivity index (χ4v) is 4.21. The number of nitrogens with zero attached hydrogens (tertiary/aromatic N) is 3. The fourth-order valence-electron chi connectivity index (χ4n) is 2.61. The number of halogens is 4. The van der Waals surface area contributed by atoms with E-state index < -0.39 is 50.8 Å². The molecule has 0 unspecified atom stereocenters. The van der Waals surface area contributed by atoms with Crippen LogP contribution in [0.5, 0.6) is 5.75 Å². The van der Waals surface area contributed by atoms with Crippen LogP contribution < -0.4 is 4.74 Å². The summed E-state index contributed by atoms with van der Waals surface area (Å²) in [6.45, 7) is 0.696. The van der Waals surface area contributed by atoms with E-state index in [1.165, 1.54) is 6.92 Å². The molecule has 0 spiro atoms. The number of sulfonamides is 1. The smallest absolute Gasteiger partial charge is 0.409 e. The van der Waals surface area contributed by atoms with Gasteiger partial charge in [-0.05, 0) is 23.8 Å². The number of ether oxygens (including phenoxy) is 1. The average Bonchev–Trinajstić information content (AvgIpc) is 2.65. The molecule has 1 atom stereocenters. The molecular weight excluding hydrogens is 402 g/mol. The maximum Gasteiger partial charge on any atom is 0.409 e. The average molecular weight is 417 g/mol. The first-order valence-electron chi connectivity index (χ1n) is 7.83. The topological polar surface area (TPSA) is 83.3 Å². The lowest BCUT2D eigenvalue weighted by molar-refractivity contribution is -0.173. The van der Waals surface area contributed by atoms with Crippen LogP contribution >= 0.6 is 0 Å². The zero-order valence-electron chi connectivity index (χ0n) is 14.7. The van der Waals surface area contributed by atoms with E-state index in [1.54, 1.807) is 6.07 Å². The van der Waals surface area contributed by atoms with Gasteiger partial charge in [0, 0.05) is 18.9 Å². The highest BCUT2D eigenvalue weighted by Crippen LogP contribution is 2.41. The molecule has 11 heteroatoms. The Hall–Kier alpha value is -2.71. The molecule has 2 aromatic rings. The Morgan fingerprint density at radius 2 is 1.96 bits per heavy atom. The van der Waals surface area contributed by atoms with Crippen LogP contribution in [0.2, 0.25) is 0 Å². The molecule has 0 saturated carbocycles. The molecular formula is C17H15F4N3O3S. The van der Waals surface area contributed by atoms with E-state index in [9.17, 15) is 26.0 Å². The zero-order valence-corrected chi connectivity index (χ0v) is 15.6. The van der Waals surface area contributed by atoms with Gasteiger partial charge < -0.3 is 4.74 Å². The number of methoxy groups -OCH3 is 1. The van der Waals surface area contributed by atoms with Gasteiger partial charge in [0.15, 0.2) is 11.6 Å². The molecule has 0 aliphatic heterocycles. The lowest BCUT2D eigenvalue weighted by Gasteiger charge is -2.32. The summed E-state index contributed by atoms with van der Waals surface area (Å²) in [7, 11) is -3.60. The van der Waals surface area contributed by atoms with Crippen LogP contribution in [0, 0.1) is 17.1 Å². The molecule has 0 amide bonds. The summed E-state index contributed by atoms with van der Waals surface area (Å²) in [6, 6.07) is 2.44. The first-order chi connectivity index (χ1) is 13.1. The predicted molar refractivity (Wildman–Crippen MR) is 90.3 cm³/mol. The third kappa shape index (κ3) is 4.23. The van der Waals surface area contributed by atoms with E-state index in [4.69, 9.17) is 10.00 Å². The van der Waals surface area contributed by atoms with Gasteiger partial charge >= 0.3 is 6.18 Å². The molecule has 0 aliphatic rings. The van der Waals surface area contributed by atoms with Crippen molar-refractivity contribution >= 4 is 10.0 Å². The van der Waals surface area contributed by atoms with E-state index in [0.29, 0.717) is 0 Å². The Kier molecular flexibility index (Phi) is 6.26. The van der Waals surface area contributed by atoms with E-state index in [1.807, 2.05) is 0 Å². The van der Waals surface area contributed by atoms with Gasteiger partial charge in [-0.3, -0.25) is 4.98 Å². The second kappa shape index (κ2) is 8.12. The SMILES string of the molecule is CCN([C@@H](c1ccc(F)c(OC)c1)C(F)(F)F)S(=O)(=O)c1cncc(C#N)c1. The number of aromatic nitrogens is 1. The van der Waals surface area contributed by atoms with E-state index in [-0.39, 0.29) is 9.87 Å².